The van der Waals surface area contributed by atoms with Crippen molar-refractivity contribution in [1.29, 1.82) is 0 Å². The lowest BCUT2D eigenvalue weighted by atomic mass is 9.87. The van der Waals surface area contributed by atoms with Crippen LogP contribution in [-0.2, 0) is 0 Å². The molecule has 4 heterocycles. The minimum atomic E-state index is -0.0520. The third-order valence-corrected chi connectivity index (χ3v) is 10.4. The molecule has 5 aromatic carbocycles. The lowest BCUT2D eigenvalue weighted by Gasteiger charge is -2.21. The Balaban J connectivity index is 1.01. The minimum Gasteiger partial charge on any atom is -0.481 e. The van der Waals surface area contributed by atoms with Gasteiger partial charge in [0.2, 0.25) is 0 Å². The molecule has 11 rings (SSSR count). The van der Waals surface area contributed by atoms with Crippen LogP contribution in [0.1, 0.15) is 23.0 Å². The summed E-state index contributed by atoms with van der Waals surface area (Å²) in [7, 11) is 0. The van der Waals surface area contributed by atoms with Crippen LogP contribution in [0.15, 0.2) is 146 Å². The van der Waals surface area contributed by atoms with Gasteiger partial charge in [0.1, 0.15) is 12.2 Å². The minimum absolute atomic E-state index is 0.0520. The fourth-order valence-electron chi connectivity index (χ4n) is 8.39. The van der Waals surface area contributed by atoms with Gasteiger partial charge in [-0.25, -0.2) is 0 Å². The van der Waals surface area contributed by atoms with E-state index < -0.39 is 0 Å². The van der Waals surface area contributed by atoms with Gasteiger partial charge in [0, 0.05) is 55.9 Å². The van der Waals surface area contributed by atoms with Gasteiger partial charge in [0.25, 0.3) is 0 Å². The predicted octanol–water partition coefficient (Wildman–Crippen LogP) is 9.81. The highest BCUT2D eigenvalue weighted by Crippen LogP contribution is 2.55. The van der Waals surface area contributed by atoms with Gasteiger partial charge in [0.15, 0.2) is 11.5 Å². The molecule has 2 aromatic heterocycles. The number of benzene rings is 5. The van der Waals surface area contributed by atoms with Crippen molar-refractivity contribution in [2.45, 2.75) is 24.0 Å². The molecule has 2 aliphatic heterocycles. The Morgan fingerprint density at radius 3 is 1.13 bits per heavy atom. The van der Waals surface area contributed by atoms with Gasteiger partial charge in [-0.05, 0) is 60.7 Å². The highest BCUT2D eigenvalue weighted by atomic mass is 16.5. The maximum Gasteiger partial charge on any atom is 0.166 e. The Morgan fingerprint density at radius 2 is 0.761 bits per heavy atom. The van der Waals surface area contributed by atoms with E-state index in [1.807, 2.05) is 0 Å². The molecular formula is C42H28N2O2. The van der Waals surface area contributed by atoms with E-state index >= 15 is 0 Å². The maximum atomic E-state index is 6.70. The highest BCUT2D eigenvalue weighted by molar-refractivity contribution is 6.11. The average Bonchev–Trinajstić information content (AvgIpc) is 3.85. The van der Waals surface area contributed by atoms with Crippen LogP contribution >= 0.6 is 0 Å². The summed E-state index contributed by atoms with van der Waals surface area (Å²) in [5.74, 6) is 2.02. The third kappa shape index (κ3) is 3.18. The SMILES string of the molecule is C1=CC2Oc3c(ccc4c3OC3C=CC(n5c6ccccc6c6ccccc65)=CC43)C2C=C1n1c2ccccc2c2ccccc21. The first kappa shape index (κ1) is 24.6. The first-order valence-corrected chi connectivity index (χ1v) is 16.1. The summed E-state index contributed by atoms with van der Waals surface area (Å²) in [5, 5.41) is 5.08. The van der Waals surface area contributed by atoms with Gasteiger partial charge >= 0.3 is 0 Å². The second-order valence-corrected chi connectivity index (χ2v) is 12.8. The lowest BCUT2D eigenvalue weighted by Crippen LogP contribution is -2.19. The number of hydrogen-bond donors (Lipinski definition) is 0. The maximum absolute atomic E-state index is 6.70. The van der Waals surface area contributed by atoms with Crippen LogP contribution in [0.3, 0.4) is 0 Å². The molecule has 0 saturated heterocycles. The van der Waals surface area contributed by atoms with Gasteiger partial charge in [-0.15, -0.1) is 0 Å². The molecule has 46 heavy (non-hydrogen) atoms. The molecule has 0 saturated carbocycles. The Bertz CT molecular complexity index is 2290. The molecule has 0 N–H and O–H groups in total. The molecule has 4 heteroatoms. The molecular weight excluding hydrogens is 564 g/mol. The summed E-state index contributed by atoms with van der Waals surface area (Å²) in [6.45, 7) is 0. The van der Waals surface area contributed by atoms with E-state index in [0.29, 0.717) is 0 Å². The molecule has 218 valence electrons. The zero-order valence-electron chi connectivity index (χ0n) is 24.9. The van der Waals surface area contributed by atoms with Crippen molar-refractivity contribution in [3.8, 4) is 11.5 Å². The molecule has 0 fully saturated rings. The second kappa shape index (κ2) is 8.92. The van der Waals surface area contributed by atoms with Crippen molar-refractivity contribution < 1.29 is 9.47 Å². The summed E-state index contributed by atoms with van der Waals surface area (Å²) in [4.78, 5) is 0. The van der Waals surface area contributed by atoms with E-state index in [-0.39, 0.29) is 24.0 Å². The first-order chi connectivity index (χ1) is 22.8. The van der Waals surface area contributed by atoms with Gasteiger partial charge < -0.3 is 18.6 Å². The van der Waals surface area contributed by atoms with Crippen molar-refractivity contribution in [3.05, 3.63) is 157 Å². The Morgan fingerprint density at radius 1 is 0.413 bits per heavy atom. The van der Waals surface area contributed by atoms with Crippen molar-refractivity contribution >= 4 is 55.0 Å². The smallest absolute Gasteiger partial charge is 0.166 e. The number of hydrogen-bond acceptors (Lipinski definition) is 2. The summed E-state index contributed by atoms with van der Waals surface area (Å²) in [6, 6.07) is 39.2. The van der Waals surface area contributed by atoms with Crippen molar-refractivity contribution in [3.63, 3.8) is 0 Å². The topological polar surface area (TPSA) is 28.3 Å². The van der Waals surface area contributed by atoms with Gasteiger partial charge in [-0.2, -0.15) is 0 Å². The molecule has 4 aliphatic rings. The van der Waals surface area contributed by atoms with Crippen molar-refractivity contribution in [1.82, 2.24) is 9.13 Å². The fraction of sp³-hybridized carbons (Fsp3) is 0.0952. The molecule has 2 aliphatic carbocycles. The molecule has 0 radical (unpaired) electrons. The van der Waals surface area contributed by atoms with E-state index in [9.17, 15) is 0 Å². The van der Waals surface area contributed by atoms with Crippen LogP contribution in [0.2, 0.25) is 0 Å². The van der Waals surface area contributed by atoms with E-state index in [0.717, 1.165) is 11.5 Å². The van der Waals surface area contributed by atoms with E-state index in [4.69, 9.17) is 9.47 Å². The first-order valence-electron chi connectivity index (χ1n) is 16.1. The molecule has 0 spiro atoms. The molecule has 7 aromatic rings. The highest BCUT2D eigenvalue weighted by Gasteiger charge is 2.42. The summed E-state index contributed by atoms with van der Waals surface area (Å²) in [5.41, 5.74) is 9.61. The van der Waals surface area contributed by atoms with Crippen LogP contribution in [0.4, 0.5) is 0 Å². The molecule has 4 atom stereocenters. The number of rotatable bonds is 2. The van der Waals surface area contributed by atoms with Gasteiger partial charge in [-0.1, -0.05) is 84.9 Å². The van der Waals surface area contributed by atoms with Crippen LogP contribution in [0, 0.1) is 0 Å². The number of para-hydroxylation sites is 4. The van der Waals surface area contributed by atoms with Crippen LogP contribution in [0.25, 0.3) is 55.0 Å². The Hall–Kier alpha value is -5.74. The van der Waals surface area contributed by atoms with Crippen LogP contribution in [0.5, 0.6) is 11.5 Å². The summed E-state index contributed by atoms with van der Waals surface area (Å²) in [6.07, 6.45) is 13.5. The summed E-state index contributed by atoms with van der Waals surface area (Å²) < 4.78 is 18.2. The normalized spacial score (nSPS) is 22.3. The van der Waals surface area contributed by atoms with Crippen molar-refractivity contribution in [2.75, 3.05) is 0 Å². The molecule has 0 bridgehead atoms. The number of allylic oxidation sites excluding steroid dienone is 4. The second-order valence-electron chi connectivity index (χ2n) is 12.8. The fourth-order valence-corrected chi connectivity index (χ4v) is 8.39. The van der Waals surface area contributed by atoms with Gasteiger partial charge in [0.05, 0.1) is 22.1 Å². The largest absolute Gasteiger partial charge is 0.481 e. The zero-order chi connectivity index (χ0) is 29.9. The Labute approximate surface area is 265 Å². The van der Waals surface area contributed by atoms with E-state index in [1.165, 1.54) is 66.1 Å². The van der Waals surface area contributed by atoms with Gasteiger partial charge in [-0.3, -0.25) is 0 Å². The third-order valence-electron chi connectivity index (χ3n) is 10.4. The number of aromatic nitrogens is 2. The summed E-state index contributed by atoms with van der Waals surface area (Å²) >= 11 is 0. The average molecular weight is 593 g/mol. The predicted molar refractivity (Wildman–Crippen MR) is 186 cm³/mol. The van der Waals surface area contributed by atoms with E-state index in [2.05, 4.69) is 155 Å². The monoisotopic (exact) mass is 592 g/mol. The molecule has 4 nitrogen and oxygen atoms in total. The Kier molecular flexibility index (Phi) is 4.76. The number of ether oxygens (including phenoxy) is 2. The zero-order valence-corrected chi connectivity index (χ0v) is 24.9. The molecule has 4 unspecified atom stereocenters. The number of fused-ring (bicyclic) bond motifs is 13. The standard InChI is InChI=1S/C42H28N2O2/c1-5-13-35-27(9-1)28-10-2-6-14-36(28)43(35)25-17-21-39-33(23-25)31-19-20-32-34-24-26(18-22-40(34)46-42(32)41(31)45-39)44-37-15-7-3-11-29(37)30-12-4-8-16-38(30)44/h1-24,33-34,39-40H. The van der Waals surface area contributed by atoms with Crippen molar-refractivity contribution in [2.24, 2.45) is 0 Å². The molecule has 0 amide bonds. The quantitative estimate of drug-likeness (QED) is 0.200. The van der Waals surface area contributed by atoms with Crippen LogP contribution < -0.4 is 9.47 Å². The van der Waals surface area contributed by atoms with Crippen LogP contribution in [-0.4, -0.2) is 21.3 Å². The lowest BCUT2D eigenvalue weighted by molar-refractivity contribution is 0.232. The number of nitrogens with zero attached hydrogens (tertiary/aromatic N) is 2. The van der Waals surface area contributed by atoms with E-state index in [1.54, 1.807) is 0 Å².